The number of carbonyl (C=O) groups excluding carboxylic acids is 1. The van der Waals surface area contributed by atoms with E-state index in [-0.39, 0.29) is 34.9 Å². The second-order valence-electron chi connectivity index (χ2n) is 6.66. The number of sulfonamides is 2. The first kappa shape index (κ1) is 23.8. The first-order valence-electron chi connectivity index (χ1n) is 9.15. The number of hydrogen-bond donors (Lipinski definition) is 3. The van der Waals surface area contributed by atoms with Crippen molar-refractivity contribution in [1.82, 2.24) is 10.0 Å². The molecule has 2 aromatic rings. The van der Waals surface area contributed by atoms with E-state index in [1.165, 1.54) is 36.4 Å². The molecular formula is C19H25N3O6S2. The standard InChI is InChI=1S/C19H25N3O6S2/c1-3-14(2)22-30(26,27)18-10-6-16(7-11-18)28-13-19(23)21-12-15-4-8-17(9-5-15)29(20,24)25/h4-11,14,22H,3,12-13H2,1-2H3,(H,21,23)(H2,20,24,25). The molecule has 0 aliphatic carbocycles. The number of nitrogens with two attached hydrogens (primary N) is 1. The van der Waals surface area contributed by atoms with Crippen LogP contribution >= 0.6 is 0 Å². The summed E-state index contributed by atoms with van der Waals surface area (Å²) in [5.41, 5.74) is 0.694. The van der Waals surface area contributed by atoms with Crippen LogP contribution in [0.5, 0.6) is 5.75 Å². The minimum atomic E-state index is -3.76. The van der Waals surface area contributed by atoms with Gasteiger partial charge in [-0.3, -0.25) is 4.79 Å². The minimum Gasteiger partial charge on any atom is -0.484 e. The Kier molecular flexibility index (Phi) is 7.96. The number of rotatable bonds is 10. The minimum absolute atomic E-state index is 0.00859. The summed E-state index contributed by atoms with van der Waals surface area (Å²) in [6.07, 6.45) is 0.672. The highest BCUT2D eigenvalue weighted by Gasteiger charge is 2.16. The van der Waals surface area contributed by atoms with E-state index in [0.29, 0.717) is 17.7 Å². The van der Waals surface area contributed by atoms with Crippen molar-refractivity contribution in [3.8, 4) is 5.75 Å². The number of ether oxygens (including phenoxy) is 1. The van der Waals surface area contributed by atoms with E-state index in [4.69, 9.17) is 9.88 Å². The van der Waals surface area contributed by atoms with Crippen LogP contribution in [-0.4, -0.2) is 35.4 Å². The zero-order valence-electron chi connectivity index (χ0n) is 16.7. The van der Waals surface area contributed by atoms with Crippen molar-refractivity contribution >= 4 is 26.0 Å². The van der Waals surface area contributed by atoms with Crippen molar-refractivity contribution in [2.24, 2.45) is 5.14 Å². The van der Waals surface area contributed by atoms with Gasteiger partial charge in [0.25, 0.3) is 5.91 Å². The van der Waals surface area contributed by atoms with Gasteiger partial charge in [-0.05, 0) is 55.3 Å². The molecule has 30 heavy (non-hydrogen) atoms. The van der Waals surface area contributed by atoms with Crippen molar-refractivity contribution in [1.29, 1.82) is 0 Å². The number of hydrogen-bond acceptors (Lipinski definition) is 6. The third-order valence-electron chi connectivity index (χ3n) is 4.21. The van der Waals surface area contributed by atoms with Crippen molar-refractivity contribution < 1.29 is 26.4 Å². The normalized spacial score (nSPS) is 12.9. The third-order valence-corrected chi connectivity index (χ3v) is 6.75. The molecule has 2 aromatic carbocycles. The molecule has 0 fully saturated rings. The predicted octanol–water partition coefficient (Wildman–Crippen LogP) is 1.11. The predicted molar refractivity (Wildman–Crippen MR) is 112 cm³/mol. The van der Waals surface area contributed by atoms with E-state index in [9.17, 15) is 21.6 Å². The van der Waals surface area contributed by atoms with E-state index in [2.05, 4.69) is 10.0 Å². The molecule has 4 N–H and O–H groups in total. The molecule has 0 radical (unpaired) electrons. The molecule has 1 amide bonds. The highest BCUT2D eigenvalue weighted by Crippen LogP contribution is 2.16. The fourth-order valence-electron chi connectivity index (χ4n) is 2.33. The van der Waals surface area contributed by atoms with Crippen LogP contribution in [-0.2, 0) is 31.4 Å². The number of primary sulfonamides is 1. The Labute approximate surface area is 176 Å². The molecule has 0 heterocycles. The molecule has 0 aliphatic rings. The second-order valence-corrected chi connectivity index (χ2v) is 9.93. The Bertz CT molecular complexity index is 1070. The molecule has 1 unspecified atom stereocenters. The van der Waals surface area contributed by atoms with Gasteiger partial charge in [0.1, 0.15) is 5.75 Å². The Balaban J connectivity index is 1.85. The average molecular weight is 456 g/mol. The van der Waals surface area contributed by atoms with Gasteiger partial charge in [-0.25, -0.2) is 26.7 Å². The van der Waals surface area contributed by atoms with Gasteiger partial charge in [-0.2, -0.15) is 0 Å². The van der Waals surface area contributed by atoms with Crippen molar-refractivity contribution in [3.63, 3.8) is 0 Å². The van der Waals surface area contributed by atoms with Gasteiger partial charge < -0.3 is 10.1 Å². The highest BCUT2D eigenvalue weighted by atomic mass is 32.2. The number of nitrogens with one attached hydrogen (secondary N) is 2. The first-order chi connectivity index (χ1) is 14.0. The van der Waals surface area contributed by atoms with E-state index in [1.807, 2.05) is 6.92 Å². The average Bonchev–Trinajstić information content (AvgIpc) is 2.70. The fraction of sp³-hybridized carbons (Fsp3) is 0.316. The molecule has 0 spiro atoms. The zero-order chi connectivity index (χ0) is 22.4. The lowest BCUT2D eigenvalue weighted by Gasteiger charge is -2.12. The van der Waals surface area contributed by atoms with Gasteiger partial charge in [0.05, 0.1) is 9.79 Å². The summed E-state index contributed by atoms with van der Waals surface area (Å²) in [5, 5.41) is 7.67. The second kappa shape index (κ2) is 10.0. The maximum Gasteiger partial charge on any atom is 0.258 e. The molecule has 0 aromatic heterocycles. The molecule has 9 nitrogen and oxygen atoms in total. The van der Waals surface area contributed by atoms with E-state index >= 15 is 0 Å². The summed E-state index contributed by atoms with van der Waals surface area (Å²) in [6.45, 7) is 3.59. The maximum absolute atomic E-state index is 12.2. The van der Waals surface area contributed by atoms with Crippen molar-refractivity contribution in [3.05, 3.63) is 54.1 Å². The zero-order valence-corrected chi connectivity index (χ0v) is 18.3. The Morgan fingerprint density at radius 2 is 1.57 bits per heavy atom. The van der Waals surface area contributed by atoms with Gasteiger partial charge in [-0.15, -0.1) is 0 Å². The van der Waals surface area contributed by atoms with Crippen LogP contribution in [0.3, 0.4) is 0 Å². The summed E-state index contributed by atoms with van der Waals surface area (Å²) in [4.78, 5) is 12.0. The molecule has 0 saturated heterocycles. The van der Waals surface area contributed by atoms with Crippen LogP contribution in [0.4, 0.5) is 0 Å². The molecule has 0 aliphatic heterocycles. The molecular weight excluding hydrogens is 430 g/mol. The molecule has 2 rings (SSSR count). The smallest absolute Gasteiger partial charge is 0.258 e. The maximum atomic E-state index is 12.2. The fourth-order valence-corrected chi connectivity index (χ4v) is 4.17. The van der Waals surface area contributed by atoms with Crippen LogP contribution in [0.2, 0.25) is 0 Å². The highest BCUT2D eigenvalue weighted by molar-refractivity contribution is 7.89. The lowest BCUT2D eigenvalue weighted by Crippen LogP contribution is -2.32. The first-order valence-corrected chi connectivity index (χ1v) is 12.2. The van der Waals surface area contributed by atoms with Gasteiger partial charge in [-0.1, -0.05) is 19.1 Å². The summed E-state index contributed by atoms with van der Waals surface area (Å²) in [5.74, 6) is -0.0363. The van der Waals surface area contributed by atoms with Crippen LogP contribution in [0, 0.1) is 0 Å². The SMILES string of the molecule is CCC(C)NS(=O)(=O)c1ccc(OCC(=O)NCc2ccc(S(N)(=O)=O)cc2)cc1. The van der Waals surface area contributed by atoms with Gasteiger partial charge in [0.15, 0.2) is 6.61 Å². The molecule has 164 valence electrons. The van der Waals surface area contributed by atoms with E-state index < -0.39 is 20.0 Å². The lowest BCUT2D eigenvalue weighted by atomic mass is 10.2. The quantitative estimate of drug-likeness (QED) is 0.489. The number of amides is 1. The van der Waals surface area contributed by atoms with Crippen LogP contribution in [0.1, 0.15) is 25.8 Å². The van der Waals surface area contributed by atoms with Crippen molar-refractivity contribution in [2.45, 2.75) is 42.6 Å². The van der Waals surface area contributed by atoms with E-state index in [0.717, 1.165) is 0 Å². The summed E-state index contributed by atoms with van der Waals surface area (Å²) >= 11 is 0. The summed E-state index contributed by atoms with van der Waals surface area (Å²) in [6, 6.07) is 11.4. The van der Waals surface area contributed by atoms with Gasteiger partial charge >= 0.3 is 0 Å². The van der Waals surface area contributed by atoms with Crippen LogP contribution < -0.4 is 19.9 Å². The molecule has 1 atom stereocenters. The molecule has 0 saturated carbocycles. The Morgan fingerprint density at radius 1 is 1.00 bits per heavy atom. The van der Waals surface area contributed by atoms with Gasteiger partial charge in [0.2, 0.25) is 20.0 Å². The van der Waals surface area contributed by atoms with Crippen LogP contribution in [0.25, 0.3) is 0 Å². The number of benzene rings is 2. The molecule has 11 heteroatoms. The monoisotopic (exact) mass is 455 g/mol. The Morgan fingerprint density at radius 3 is 2.10 bits per heavy atom. The lowest BCUT2D eigenvalue weighted by molar-refractivity contribution is -0.123. The topological polar surface area (TPSA) is 145 Å². The van der Waals surface area contributed by atoms with E-state index in [1.54, 1.807) is 19.1 Å². The molecule has 0 bridgehead atoms. The summed E-state index contributed by atoms with van der Waals surface area (Å²) < 4.78 is 54.8. The third kappa shape index (κ3) is 7.10. The van der Waals surface area contributed by atoms with Crippen molar-refractivity contribution in [2.75, 3.05) is 6.61 Å². The van der Waals surface area contributed by atoms with Gasteiger partial charge in [0, 0.05) is 12.6 Å². The number of carbonyl (C=O) groups is 1. The Hall–Kier alpha value is -2.47. The van der Waals surface area contributed by atoms with Crippen LogP contribution in [0.15, 0.2) is 58.3 Å². The summed E-state index contributed by atoms with van der Waals surface area (Å²) in [7, 11) is -7.36. The largest absolute Gasteiger partial charge is 0.484 e.